The van der Waals surface area contributed by atoms with Crippen LogP contribution in [-0.4, -0.2) is 25.2 Å². The van der Waals surface area contributed by atoms with Gasteiger partial charge < -0.3 is 9.64 Å². The number of ether oxygens (including phenoxy) is 1. The summed E-state index contributed by atoms with van der Waals surface area (Å²) in [4.78, 5) is 25.5. The normalized spacial score (nSPS) is 12.4. The summed E-state index contributed by atoms with van der Waals surface area (Å²) in [6, 6.07) is 15.8. The summed E-state index contributed by atoms with van der Waals surface area (Å²) in [6.45, 7) is 3.75. The lowest BCUT2D eigenvalue weighted by atomic mass is 10.1. The van der Waals surface area contributed by atoms with Gasteiger partial charge in [-0.2, -0.15) is 0 Å². The number of carbonyl (C=O) groups is 2. The molecule has 1 aliphatic rings. The van der Waals surface area contributed by atoms with Crippen LogP contribution >= 0.6 is 0 Å². The molecule has 6 heteroatoms. The van der Waals surface area contributed by atoms with Crippen molar-refractivity contribution in [2.75, 3.05) is 18.1 Å². The first kappa shape index (κ1) is 16.8. The van der Waals surface area contributed by atoms with Crippen molar-refractivity contribution < 1.29 is 14.3 Å². The Morgan fingerprint density at radius 1 is 1.08 bits per heavy atom. The number of hydrogen-bond donors (Lipinski definition) is 2. The van der Waals surface area contributed by atoms with Crippen molar-refractivity contribution in [3.63, 3.8) is 0 Å². The van der Waals surface area contributed by atoms with Gasteiger partial charge in [0.1, 0.15) is 0 Å². The van der Waals surface area contributed by atoms with Gasteiger partial charge in [0.15, 0.2) is 0 Å². The number of hydrogen-bond acceptors (Lipinski definition) is 4. The second-order valence-corrected chi connectivity index (χ2v) is 5.80. The molecule has 6 nitrogen and oxygen atoms in total. The maximum absolute atomic E-state index is 12.0. The number of para-hydroxylation sites is 1. The van der Waals surface area contributed by atoms with Crippen LogP contribution in [0.3, 0.4) is 0 Å². The van der Waals surface area contributed by atoms with E-state index in [1.165, 1.54) is 11.3 Å². The van der Waals surface area contributed by atoms with Crippen LogP contribution in [0.15, 0.2) is 48.5 Å². The Bertz CT molecular complexity index is 759. The minimum absolute atomic E-state index is 0.246. The topological polar surface area (TPSA) is 70.7 Å². The lowest BCUT2D eigenvalue weighted by molar-refractivity contribution is 0.0912. The van der Waals surface area contributed by atoms with Crippen LogP contribution in [0.5, 0.6) is 0 Å². The van der Waals surface area contributed by atoms with Gasteiger partial charge in [-0.1, -0.05) is 30.3 Å². The van der Waals surface area contributed by atoms with Gasteiger partial charge in [-0.15, -0.1) is 0 Å². The molecule has 0 fully saturated rings. The molecule has 130 valence electrons. The maximum Gasteiger partial charge on any atom is 0.426 e. The molecule has 2 amide bonds. The Morgan fingerprint density at radius 3 is 2.60 bits per heavy atom. The van der Waals surface area contributed by atoms with Gasteiger partial charge in [0, 0.05) is 24.3 Å². The Balaban J connectivity index is 1.58. The summed E-state index contributed by atoms with van der Waals surface area (Å²) >= 11 is 0. The van der Waals surface area contributed by atoms with Crippen molar-refractivity contribution in [2.45, 2.75) is 19.9 Å². The van der Waals surface area contributed by atoms with Crippen molar-refractivity contribution >= 4 is 17.7 Å². The molecular weight excluding hydrogens is 318 g/mol. The zero-order valence-corrected chi connectivity index (χ0v) is 14.1. The summed E-state index contributed by atoms with van der Waals surface area (Å²) in [7, 11) is 0. The third kappa shape index (κ3) is 4.09. The Labute approximate surface area is 146 Å². The number of fused-ring (bicyclic) bond motifs is 1. The zero-order valence-electron chi connectivity index (χ0n) is 14.1. The summed E-state index contributed by atoms with van der Waals surface area (Å²) in [5.41, 5.74) is 8.78. The van der Waals surface area contributed by atoms with E-state index in [4.69, 9.17) is 0 Å². The number of anilines is 1. The molecule has 0 aromatic heterocycles. The molecule has 1 heterocycles. The van der Waals surface area contributed by atoms with Crippen LogP contribution in [0.25, 0.3) is 0 Å². The van der Waals surface area contributed by atoms with E-state index in [1.54, 1.807) is 19.1 Å². The summed E-state index contributed by atoms with van der Waals surface area (Å²) in [5.74, 6) is -0.383. The van der Waals surface area contributed by atoms with E-state index < -0.39 is 6.09 Å². The first-order valence-corrected chi connectivity index (χ1v) is 8.32. The SMILES string of the molecule is CCOC(=O)NNC(=O)c1ccc(CN2CCc3ccccc32)cc1. The molecule has 0 radical (unpaired) electrons. The monoisotopic (exact) mass is 339 g/mol. The molecule has 0 unspecified atom stereocenters. The fourth-order valence-corrected chi connectivity index (χ4v) is 2.90. The first-order chi connectivity index (χ1) is 12.2. The van der Waals surface area contributed by atoms with Crippen LogP contribution < -0.4 is 15.8 Å². The van der Waals surface area contributed by atoms with Crippen LogP contribution in [0.4, 0.5) is 10.5 Å². The quantitative estimate of drug-likeness (QED) is 0.840. The van der Waals surface area contributed by atoms with E-state index in [9.17, 15) is 9.59 Å². The van der Waals surface area contributed by atoms with E-state index in [1.807, 2.05) is 12.1 Å². The van der Waals surface area contributed by atoms with Gasteiger partial charge in [-0.05, 0) is 42.7 Å². The van der Waals surface area contributed by atoms with Crippen LogP contribution in [0, 0.1) is 0 Å². The van der Waals surface area contributed by atoms with E-state index >= 15 is 0 Å². The number of nitrogens with one attached hydrogen (secondary N) is 2. The second kappa shape index (κ2) is 7.70. The van der Waals surface area contributed by atoms with Crippen molar-refractivity contribution in [1.29, 1.82) is 0 Å². The van der Waals surface area contributed by atoms with E-state index in [-0.39, 0.29) is 12.5 Å². The average Bonchev–Trinajstić information content (AvgIpc) is 3.04. The molecule has 0 saturated carbocycles. The standard InChI is InChI=1S/C19H21N3O3/c1-2-25-19(24)21-20-18(23)16-9-7-14(8-10-16)13-22-12-11-15-5-3-4-6-17(15)22/h3-10H,2,11-13H2,1H3,(H,20,23)(H,21,24). The highest BCUT2D eigenvalue weighted by Crippen LogP contribution is 2.28. The molecule has 0 bridgehead atoms. The van der Waals surface area contributed by atoms with Gasteiger partial charge in [0.05, 0.1) is 6.61 Å². The molecule has 0 aliphatic carbocycles. The molecule has 0 saturated heterocycles. The van der Waals surface area contributed by atoms with Gasteiger partial charge in [-0.25, -0.2) is 10.2 Å². The smallest absolute Gasteiger partial charge is 0.426 e. The van der Waals surface area contributed by atoms with E-state index in [2.05, 4.69) is 44.8 Å². The number of nitrogens with zero attached hydrogens (tertiary/aromatic N) is 1. The highest BCUT2D eigenvalue weighted by atomic mass is 16.5. The predicted molar refractivity (Wildman–Crippen MR) is 95.3 cm³/mol. The number of amides is 2. The minimum atomic E-state index is -0.680. The fraction of sp³-hybridized carbons (Fsp3) is 0.263. The van der Waals surface area contributed by atoms with Gasteiger partial charge >= 0.3 is 6.09 Å². The molecule has 0 spiro atoms. The van der Waals surface area contributed by atoms with Gasteiger partial charge in [0.2, 0.25) is 0 Å². The molecule has 1 aliphatic heterocycles. The maximum atomic E-state index is 12.0. The minimum Gasteiger partial charge on any atom is -0.449 e. The molecular formula is C19H21N3O3. The highest BCUT2D eigenvalue weighted by molar-refractivity contribution is 5.94. The highest BCUT2D eigenvalue weighted by Gasteiger charge is 2.18. The number of carbonyl (C=O) groups excluding carboxylic acids is 2. The largest absolute Gasteiger partial charge is 0.449 e. The van der Waals surface area contributed by atoms with Crippen LogP contribution in [0.1, 0.15) is 28.4 Å². The lowest BCUT2D eigenvalue weighted by Gasteiger charge is -2.19. The molecule has 2 aromatic carbocycles. The molecule has 2 aromatic rings. The average molecular weight is 339 g/mol. The van der Waals surface area contributed by atoms with Crippen molar-refractivity contribution in [3.8, 4) is 0 Å². The van der Waals surface area contributed by atoms with Gasteiger partial charge in [0.25, 0.3) is 5.91 Å². The fourth-order valence-electron chi connectivity index (χ4n) is 2.90. The third-order valence-corrected chi connectivity index (χ3v) is 4.13. The molecule has 3 rings (SSSR count). The van der Waals surface area contributed by atoms with Crippen LogP contribution in [-0.2, 0) is 17.7 Å². The Morgan fingerprint density at radius 2 is 1.84 bits per heavy atom. The van der Waals surface area contributed by atoms with Crippen molar-refractivity contribution in [2.24, 2.45) is 0 Å². The van der Waals surface area contributed by atoms with E-state index in [0.29, 0.717) is 5.56 Å². The summed E-state index contributed by atoms with van der Waals surface area (Å²) < 4.78 is 4.68. The molecule has 0 atom stereocenters. The van der Waals surface area contributed by atoms with Crippen molar-refractivity contribution in [3.05, 3.63) is 65.2 Å². The Kier molecular flexibility index (Phi) is 5.18. The lowest BCUT2D eigenvalue weighted by Crippen LogP contribution is -2.41. The van der Waals surface area contributed by atoms with Crippen LogP contribution in [0.2, 0.25) is 0 Å². The molecule has 25 heavy (non-hydrogen) atoms. The Hall–Kier alpha value is -3.02. The number of hydrazine groups is 1. The predicted octanol–water partition coefficient (Wildman–Crippen LogP) is 2.64. The van der Waals surface area contributed by atoms with E-state index in [0.717, 1.165) is 25.1 Å². The summed E-state index contributed by atoms with van der Waals surface area (Å²) in [5, 5.41) is 0. The van der Waals surface area contributed by atoms with Gasteiger partial charge in [-0.3, -0.25) is 10.2 Å². The number of benzene rings is 2. The second-order valence-electron chi connectivity index (χ2n) is 5.80. The first-order valence-electron chi connectivity index (χ1n) is 8.32. The third-order valence-electron chi connectivity index (χ3n) is 4.13. The van der Waals surface area contributed by atoms with Crippen molar-refractivity contribution in [1.82, 2.24) is 10.9 Å². The zero-order chi connectivity index (χ0) is 17.6. The number of rotatable bonds is 4. The summed E-state index contributed by atoms with van der Waals surface area (Å²) in [6.07, 6.45) is 0.385. The molecule has 2 N–H and O–H groups in total.